The van der Waals surface area contributed by atoms with E-state index in [1.54, 1.807) is 12.5 Å². The van der Waals surface area contributed by atoms with Crippen molar-refractivity contribution in [2.24, 2.45) is 0 Å². The van der Waals surface area contributed by atoms with Crippen LogP contribution in [0.25, 0.3) is 0 Å². The highest BCUT2D eigenvalue weighted by atomic mass is 35.5. The molecule has 0 saturated heterocycles. The van der Waals surface area contributed by atoms with Crippen molar-refractivity contribution in [1.82, 2.24) is 9.55 Å². The van der Waals surface area contributed by atoms with E-state index < -0.39 is 0 Å². The molecule has 1 heterocycles. The Hall–Kier alpha value is -0.940. The summed E-state index contributed by atoms with van der Waals surface area (Å²) in [7, 11) is 0. The lowest BCUT2D eigenvalue weighted by atomic mass is 10.6. The third kappa shape index (κ3) is 2.20. The summed E-state index contributed by atoms with van der Waals surface area (Å²) in [4.78, 5) is 3.81. The molecule has 0 N–H and O–H groups in total. The number of hydrogen-bond acceptors (Lipinski definition) is 1. The van der Waals surface area contributed by atoms with Crippen molar-refractivity contribution in [1.29, 1.82) is 0 Å². The smallest absolute Gasteiger partial charge is 0.0954 e. The maximum atomic E-state index is 5.02. The Bertz CT molecular complexity index is 185. The van der Waals surface area contributed by atoms with Crippen LogP contribution in [0.5, 0.6) is 0 Å². The molecule has 0 fully saturated rings. The van der Waals surface area contributed by atoms with Gasteiger partial charge in [-0.3, -0.25) is 0 Å². The second-order valence-electron chi connectivity index (χ2n) is 1.44. The van der Waals surface area contributed by atoms with Gasteiger partial charge in [0, 0.05) is 12.4 Å². The van der Waals surface area contributed by atoms with E-state index in [2.05, 4.69) is 10.9 Å². The highest BCUT2D eigenvalue weighted by Crippen LogP contribution is 1.81. The molecule has 0 unspecified atom stereocenters. The van der Waals surface area contributed by atoms with Gasteiger partial charge in [-0.05, 0) is 0 Å². The van der Waals surface area contributed by atoms with Gasteiger partial charge in [0.05, 0.1) is 12.9 Å². The molecule has 0 amide bonds. The van der Waals surface area contributed by atoms with E-state index in [1.807, 2.05) is 10.8 Å². The van der Waals surface area contributed by atoms with Gasteiger partial charge >= 0.3 is 0 Å². The van der Waals surface area contributed by atoms with Gasteiger partial charge in [0.25, 0.3) is 0 Å². The lowest BCUT2D eigenvalue weighted by molar-refractivity contribution is 0.840. The molecule has 1 aromatic rings. The first-order valence-electron chi connectivity index (χ1n) is 2.32. The van der Waals surface area contributed by atoms with Crippen LogP contribution in [-0.2, 0) is 6.54 Å². The van der Waals surface area contributed by atoms with Crippen LogP contribution in [0.1, 0.15) is 0 Å². The molecule has 0 radical (unpaired) electrons. The molecule has 0 aliphatic rings. The van der Waals surface area contributed by atoms with Gasteiger partial charge in [-0.25, -0.2) is 4.98 Å². The lowest BCUT2D eigenvalue weighted by Crippen LogP contribution is -1.88. The second-order valence-corrected chi connectivity index (χ2v) is 1.44. The number of rotatable bonds is 1. The van der Waals surface area contributed by atoms with Crippen LogP contribution in [-0.4, -0.2) is 9.55 Å². The van der Waals surface area contributed by atoms with Crippen molar-refractivity contribution in [3.05, 3.63) is 18.7 Å². The molecule has 2 nitrogen and oxygen atoms in total. The minimum absolute atomic E-state index is 0. The monoisotopic (exact) mass is 142 g/mol. The van der Waals surface area contributed by atoms with E-state index in [-0.39, 0.29) is 12.4 Å². The van der Waals surface area contributed by atoms with E-state index in [0.29, 0.717) is 6.54 Å². The summed E-state index contributed by atoms with van der Waals surface area (Å²) in [5.74, 6) is 2.49. The van der Waals surface area contributed by atoms with Crippen LogP contribution in [0.15, 0.2) is 18.7 Å². The number of hydrogen-bond donors (Lipinski definition) is 0. The summed E-state index contributed by atoms with van der Waals surface area (Å²) in [6, 6.07) is 0. The molecule has 48 valence electrons. The van der Waals surface area contributed by atoms with Gasteiger partial charge in [-0.15, -0.1) is 18.8 Å². The van der Waals surface area contributed by atoms with Gasteiger partial charge < -0.3 is 4.57 Å². The molecule has 3 heteroatoms. The highest BCUT2D eigenvalue weighted by molar-refractivity contribution is 5.85. The maximum absolute atomic E-state index is 5.02. The first-order chi connectivity index (χ1) is 3.93. The summed E-state index contributed by atoms with van der Waals surface area (Å²) >= 11 is 0. The van der Waals surface area contributed by atoms with Crippen molar-refractivity contribution < 1.29 is 0 Å². The van der Waals surface area contributed by atoms with Gasteiger partial charge in [0.2, 0.25) is 0 Å². The van der Waals surface area contributed by atoms with Crippen LogP contribution in [0.2, 0.25) is 0 Å². The quantitative estimate of drug-likeness (QED) is 0.534. The SMILES string of the molecule is C#CCn1ccnc1.Cl. The molecular weight excluding hydrogens is 136 g/mol. The third-order valence-corrected chi connectivity index (χ3v) is 0.833. The van der Waals surface area contributed by atoms with Gasteiger partial charge in [-0.1, -0.05) is 5.92 Å². The van der Waals surface area contributed by atoms with E-state index in [9.17, 15) is 0 Å². The van der Waals surface area contributed by atoms with E-state index in [0.717, 1.165) is 0 Å². The fourth-order valence-corrected chi connectivity index (χ4v) is 0.486. The van der Waals surface area contributed by atoms with E-state index in [1.165, 1.54) is 0 Å². The van der Waals surface area contributed by atoms with Crippen molar-refractivity contribution in [3.8, 4) is 12.3 Å². The first kappa shape index (κ1) is 8.06. The van der Waals surface area contributed by atoms with Crippen molar-refractivity contribution in [3.63, 3.8) is 0 Å². The average Bonchev–Trinajstić information content (AvgIpc) is 2.19. The Labute approximate surface area is 60.3 Å². The Morgan fingerprint density at radius 3 is 2.89 bits per heavy atom. The minimum Gasteiger partial charge on any atom is -0.326 e. The number of terminal acetylenes is 1. The molecule has 0 bridgehead atoms. The average molecular weight is 143 g/mol. The molecule has 0 saturated carbocycles. The normalized spacial score (nSPS) is 7.44. The highest BCUT2D eigenvalue weighted by Gasteiger charge is 1.79. The van der Waals surface area contributed by atoms with Gasteiger partial charge in [0.15, 0.2) is 0 Å². The summed E-state index contributed by atoms with van der Waals surface area (Å²) in [5.41, 5.74) is 0. The summed E-state index contributed by atoms with van der Waals surface area (Å²) < 4.78 is 1.83. The van der Waals surface area contributed by atoms with Crippen LogP contribution in [0.3, 0.4) is 0 Å². The van der Waals surface area contributed by atoms with E-state index in [4.69, 9.17) is 6.42 Å². The summed E-state index contributed by atoms with van der Waals surface area (Å²) in [5, 5.41) is 0. The molecule has 1 aromatic heterocycles. The van der Waals surface area contributed by atoms with E-state index >= 15 is 0 Å². The molecule has 9 heavy (non-hydrogen) atoms. The molecule has 0 spiro atoms. The largest absolute Gasteiger partial charge is 0.326 e. The fourth-order valence-electron chi connectivity index (χ4n) is 0.486. The first-order valence-corrected chi connectivity index (χ1v) is 2.32. The number of imidazole rings is 1. The molecule has 0 atom stereocenters. The van der Waals surface area contributed by atoms with Crippen LogP contribution < -0.4 is 0 Å². The number of halogens is 1. The number of nitrogens with zero attached hydrogens (tertiary/aromatic N) is 2. The van der Waals surface area contributed by atoms with Gasteiger partial charge in [-0.2, -0.15) is 0 Å². The molecule has 1 rings (SSSR count). The standard InChI is InChI=1S/C6H6N2.ClH/c1-2-4-8-5-3-7-6-8;/h1,3,5-6H,4H2;1H. The Balaban J connectivity index is 0.000000640. The molecule has 0 aromatic carbocycles. The van der Waals surface area contributed by atoms with Crippen molar-refractivity contribution in [2.45, 2.75) is 6.54 Å². The summed E-state index contributed by atoms with van der Waals surface area (Å²) in [6.45, 7) is 0.611. The molecule has 0 aliphatic carbocycles. The Morgan fingerprint density at radius 1 is 1.67 bits per heavy atom. The zero-order valence-corrected chi connectivity index (χ0v) is 5.64. The predicted molar refractivity (Wildman–Crippen MR) is 38.3 cm³/mol. The maximum Gasteiger partial charge on any atom is 0.0954 e. The third-order valence-electron chi connectivity index (χ3n) is 0.833. The molecule has 0 aliphatic heterocycles. The predicted octanol–water partition coefficient (Wildman–Crippen LogP) is 0.938. The zero-order chi connectivity index (χ0) is 5.82. The fraction of sp³-hybridized carbons (Fsp3) is 0.167. The Morgan fingerprint density at radius 2 is 2.44 bits per heavy atom. The lowest BCUT2D eigenvalue weighted by Gasteiger charge is -1.87. The van der Waals surface area contributed by atoms with Gasteiger partial charge in [0.1, 0.15) is 0 Å². The van der Waals surface area contributed by atoms with Crippen molar-refractivity contribution >= 4 is 12.4 Å². The van der Waals surface area contributed by atoms with Crippen LogP contribution >= 0.6 is 12.4 Å². The molecular formula is C6H7ClN2. The zero-order valence-electron chi connectivity index (χ0n) is 4.82. The van der Waals surface area contributed by atoms with Crippen molar-refractivity contribution in [2.75, 3.05) is 0 Å². The van der Waals surface area contributed by atoms with Crippen LogP contribution in [0, 0.1) is 12.3 Å². The Kier molecular flexibility index (Phi) is 3.57. The number of aromatic nitrogens is 2. The summed E-state index contributed by atoms with van der Waals surface area (Å²) in [6.07, 6.45) is 10.3. The minimum atomic E-state index is 0. The topological polar surface area (TPSA) is 17.8 Å². The second kappa shape index (κ2) is 3.99. The van der Waals surface area contributed by atoms with Crippen LogP contribution in [0.4, 0.5) is 0 Å².